The third-order valence-electron chi connectivity index (χ3n) is 5.84. The van der Waals surface area contributed by atoms with Crippen molar-refractivity contribution in [2.45, 2.75) is 46.1 Å². The van der Waals surface area contributed by atoms with Crippen LogP contribution < -0.4 is 5.32 Å². The lowest BCUT2D eigenvalue weighted by atomic mass is 9.66. The Labute approximate surface area is 124 Å². The van der Waals surface area contributed by atoms with E-state index in [1.54, 1.807) is 0 Å². The highest BCUT2D eigenvalue weighted by molar-refractivity contribution is 6.03. The molecule has 0 aromatic heterocycles. The first kappa shape index (κ1) is 14.1. The quantitative estimate of drug-likeness (QED) is 0.851. The maximum Gasteiger partial charge on any atom is 0.313 e. The maximum absolute atomic E-state index is 12.9. The Bertz CT molecular complexity index is 637. The molecule has 0 spiro atoms. The summed E-state index contributed by atoms with van der Waals surface area (Å²) in [5, 5.41) is 2.95. The van der Waals surface area contributed by atoms with Gasteiger partial charge in [0.1, 0.15) is 0 Å². The van der Waals surface area contributed by atoms with E-state index in [1.165, 1.54) is 0 Å². The fourth-order valence-electron chi connectivity index (χ4n) is 3.68. The van der Waals surface area contributed by atoms with E-state index in [4.69, 9.17) is 4.74 Å². The summed E-state index contributed by atoms with van der Waals surface area (Å²) in [5.41, 5.74) is -0.379. The molecule has 21 heavy (non-hydrogen) atoms. The molecule has 0 radical (unpaired) electrons. The van der Waals surface area contributed by atoms with E-state index < -0.39 is 16.4 Å². The second-order valence-corrected chi connectivity index (χ2v) is 6.94. The van der Waals surface area contributed by atoms with Gasteiger partial charge in [-0.1, -0.05) is 32.0 Å². The van der Waals surface area contributed by atoms with Gasteiger partial charge in [-0.25, -0.2) is 0 Å². The monoisotopic (exact) mass is 287 g/mol. The molecule has 1 aliphatic heterocycles. The summed E-state index contributed by atoms with van der Waals surface area (Å²) >= 11 is 0. The Kier molecular flexibility index (Phi) is 2.75. The Hall–Kier alpha value is -1.84. The maximum atomic E-state index is 12.9. The second-order valence-electron chi connectivity index (χ2n) is 6.94. The van der Waals surface area contributed by atoms with Crippen molar-refractivity contribution in [2.75, 3.05) is 5.32 Å². The summed E-state index contributed by atoms with van der Waals surface area (Å²) in [7, 11) is 0. The third kappa shape index (κ3) is 1.56. The second kappa shape index (κ2) is 4.09. The fourth-order valence-corrected chi connectivity index (χ4v) is 3.68. The number of aryl methyl sites for hydroxylation is 1. The van der Waals surface area contributed by atoms with Crippen molar-refractivity contribution < 1.29 is 14.3 Å². The summed E-state index contributed by atoms with van der Waals surface area (Å²) in [5.74, 6) is -0.463. The average Bonchev–Trinajstić information content (AvgIpc) is 2.72. The molecule has 112 valence electrons. The van der Waals surface area contributed by atoms with Crippen molar-refractivity contribution in [3.05, 3.63) is 29.8 Å². The molecule has 1 saturated heterocycles. The smallest absolute Gasteiger partial charge is 0.313 e. The number of rotatable bonds is 2. The molecule has 1 heterocycles. The highest BCUT2D eigenvalue weighted by atomic mass is 16.6. The van der Waals surface area contributed by atoms with Gasteiger partial charge in [-0.2, -0.15) is 0 Å². The van der Waals surface area contributed by atoms with Crippen LogP contribution in [0.4, 0.5) is 5.69 Å². The molecule has 1 N–H and O–H groups in total. The lowest BCUT2D eigenvalue weighted by molar-refractivity contribution is -0.165. The summed E-state index contributed by atoms with van der Waals surface area (Å²) in [6.07, 6.45) is 1.28. The van der Waals surface area contributed by atoms with Crippen LogP contribution >= 0.6 is 0 Å². The Morgan fingerprint density at radius 3 is 2.38 bits per heavy atom. The molecule has 4 nitrogen and oxygen atoms in total. The van der Waals surface area contributed by atoms with E-state index in [-0.39, 0.29) is 11.9 Å². The van der Waals surface area contributed by atoms with E-state index in [0.29, 0.717) is 12.8 Å². The van der Waals surface area contributed by atoms with Crippen molar-refractivity contribution in [3.63, 3.8) is 0 Å². The number of amides is 1. The lowest BCUT2D eigenvalue weighted by Gasteiger charge is -2.35. The van der Waals surface area contributed by atoms with Crippen LogP contribution in [0.25, 0.3) is 0 Å². The minimum Gasteiger partial charge on any atom is -0.448 e. The molecule has 1 aromatic rings. The van der Waals surface area contributed by atoms with Gasteiger partial charge in [0, 0.05) is 11.1 Å². The molecule has 2 atom stereocenters. The number of ether oxygens (including phenoxy) is 1. The Morgan fingerprint density at radius 1 is 1.19 bits per heavy atom. The molecular weight excluding hydrogens is 266 g/mol. The first-order valence-corrected chi connectivity index (χ1v) is 7.35. The highest BCUT2D eigenvalue weighted by Crippen LogP contribution is 2.65. The van der Waals surface area contributed by atoms with Crippen molar-refractivity contribution in [1.29, 1.82) is 0 Å². The van der Waals surface area contributed by atoms with Gasteiger partial charge < -0.3 is 10.1 Å². The third-order valence-corrected chi connectivity index (χ3v) is 5.84. The van der Waals surface area contributed by atoms with E-state index in [0.717, 1.165) is 11.3 Å². The number of fused-ring (bicyclic) bond motifs is 2. The van der Waals surface area contributed by atoms with Crippen LogP contribution in [0.5, 0.6) is 0 Å². The molecular formula is C17H21NO3. The normalized spacial score (nSPS) is 32.9. The van der Waals surface area contributed by atoms with Gasteiger partial charge in [-0.05, 0) is 38.3 Å². The standard InChI is InChI=1S/C17H21NO3/c1-11-7-5-6-8-12(11)18-13(19)17-10-9-16(4,14(20)21-17)15(17,2)3/h5-8H,9-10H2,1-4H3,(H,18,19)/t16-,17-/m1/s1. The number of nitrogens with one attached hydrogen (secondary N) is 1. The predicted octanol–water partition coefficient (Wildman–Crippen LogP) is 3.06. The molecule has 4 heteroatoms. The zero-order valence-corrected chi connectivity index (χ0v) is 12.9. The first-order valence-electron chi connectivity index (χ1n) is 7.35. The van der Waals surface area contributed by atoms with E-state index in [2.05, 4.69) is 5.32 Å². The molecule has 1 aliphatic carbocycles. The van der Waals surface area contributed by atoms with Gasteiger partial charge in [0.2, 0.25) is 0 Å². The SMILES string of the molecule is Cc1ccccc1NC(=O)[C@@]12CC[C@](C)(C(=O)O1)C2(C)C. The number of carbonyl (C=O) groups excluding carboxylic acids is 2. The van der Waals surface area contributed by atoms with E-state index in [9.17, 15) is 9.59 Å². The first-order chi connectivity index (χ1) is 9.74. The highest BCUT2D eigenvalue weighted by Gasteiger charge is 2.75. The largest absolute Gasteiger partial charge is 0.448 e. The summed E-state index contributed by atoms with van der Waals surface area (Å²) in [6, 6.07) is 7.61. The van der Waals surface area contributed by atoms with Crippen LogP contribution in [-0.4, -0.2) is 17.5 Å². The Balaban J connectivity index is 1.96. The predicted molar refractivity (Wildman–Crippen MR) is 79.8 cm³/mol. The average molecular weight is 287 g/mol. The van der Waals surface area contributed by atoms with Crippen LogP contribution in [0.3, 0.4) is 0 Å². The fraction of sp³-hybridized carbons (Fsp3) is 0.529. The van der Waals surface area contributed by atoms with Crippen LogP contribution in [0.2, 0.25) is 0 Å². The van der Waals surface area contributed by atoms with E-state index in [1.807, 2.05) is 52.0 Å². The van der Waals surface area contributed by atoms with Crippen molar-refractivity contribution in [1.82, 2.24) is 0 Å². The molecule has 3 rings (SSSR count). The van der Waals surface area contributed by atoms with Gasteiger partial charge >= 0.3 is 5.97 Å². The molecule has 2 aliphatic rings. The van der Waals surface area contributed by atoms with Gasteiger partial charge in [0.05, 0.1) is 5.41 Å². The molecule has 1 amide bonds. The summed E-state index contributed by atoms with van der Waals surface area (Å²) < 4.78 is 5.59. The number of para-hydroxylation sites is 1. The molecule has 0 unspecified atom stereocenters. The van der Waals surface area contributed by atoms with Gasteiger partial charge in [0.15, 0.2) is 5.60 Å². The number of hydrogen-bond acceptors (Lipinski definition) is 3. The number of hydrogen-bond donors (Lipinski definition) is 1. The Morgan fingerprint density at radius 2 is 1.86 bits per heavy atom. The topological polar surface area (TPSA) is 55.4 Å². The lowest BCUT2D eigenvalue weighted by Crippen LogP contribution is -2.50. The zero-order chi connectivity index (χ0) is 15.5. The van der Waals surface area contributed by atoms with Crippen LogP contribution in [0.1, 0.15) is 39.2 Å². The van der Waals surface area contributed by atoms with Crippen LogP contribution in [0, 0.1) is 17.8 Å². The molecule has 2 fully saturated rings. The number of anilines is 1. The number of benzene rings is 1. The minimum absolute atomic E-state index is 0.212. The van der Waals surface area contributed by atoms with Gasteiger partial charge in [-0.15, -0.1) is 0 Å². The summed E-state index contributed by atoms with van der Waals surface area (Å²) in [6.45, 7) is 7.77. The number of esters is 1. The van der Waals surface area contributed by atoms with Crippen molar-refractivity contribution in [3.8, 4) is 0 Å². The zero-order valence-electron chi connectivity index (χ0n) is 12.9. The van der Waals surface area contributed by atoms with Crippen molar-refractivity contribution >= 4 is 17.6 Å². The number of carbonyl (C=O) groups is 2. The minimum atomic E-state index is -1.05. The molecule has 2 bridgehead atoms. The van der Waals surface area contributed by atoms with Crippen LogP contribution in [0.15, 0.2) is 24.3 Å². The molecule has 1 saturated carbocycles. The van der Waals surface area contributed by atoms with E-state index >= 15 is 0 Å². The van der Waals surface area contributed by atoms with Crippen LogP contribution in [-0.2, 0) is 14.3 Å². The van der Waals surface area contributed by atoms with Gasteiger partial charge in [-0.3, -0.25) is 9.59 Å². The van der Waals surface area contributed by atoms with Gasteiger partial charge in [0.25, 0.3) is 5.91 Å². The molecule has 1 aromatic carbocycles. The summed E-state index contributed by atoms with van der Waals surface area (Å²) in [4.78, 5) is 25.1. The van der Waals surface area contributed by atoms with Crippen molar-refractivity contribution in [2.24, 2.45) is 10.8 Å².